The van der Waals surface area contributed by atoms with Gasteiger partial charge in [-0.15, -0.1) is 11.6 Å². The largest absolute Gasteiger partial charge is 0.316 e. The molecule has 0 amide bonds. The van der Waals surface area contributed by atoms with Crippen molar-refractivity contribution >= 4 is 11.6 Å². The molecular weight excluding hydrogens is 194 g/mol. The van der Waals surface area contributed by atoms with Crippen LogP contribution in [0.3, 0.4) is 0 Å². The van der Waals surface area contributed by atoms with E-state index in [1.807, 2.05) is 0 Å². The fourth-order valence-corrected chi connectivity index (χ4v) is 1.71. The highest BCUT2D eigenvalue weighted by Crippen LogP contribution is 2.07. The first-order valence-corrected chi connectivity index (χ1v) is 6.72. The normalized spacial score (nSPS) is 10.7. The summed E-state index contributed by atoms with van der Waals surface area (Å²) in [6.45, 7) is 4.36. The van der Waals surface area contributed by atoms with E-state index in [2.05, 4.69) is 12.2 Å². The van der Waals surface area contributed by atoms with E-state index in [9.17, 15) is 0 Å². The van der Waals surface area contributed by atoms with Gasteiger partial charge in [-0.05, 0) is 13.0 Å². The predicted octanol–water partition coefficient (Wildman–Crippen LogP) is 3.96. The molecular formula is C12H26ClN. The second kappa shape index (κ2) is 13.2. The molecule has 0 aliphatic carbocycles. The van der Waals surface area contributed by atoms with E-state index >= 15 is 0 Å². The topological polar surface area (TPSA) is 12.0 Å². The zero-order chi connectivity index (χ0) is 10.5. The summed E-state index contributed by atoms with van der Waals surface area (Å²) >= 11 is 5.55. The fraction of sp³-hybridized carbons (Fsp3) is 1.00. The molecule has 0 aliphatic heterocycles. The summed E-state index contributed by atoms with van der Waals surface area (Å²) < 4.78 is 0. The lowest BCUT2D eigenvalue weighted by Gasteiger charge is -2.02. The van der Waals surface area contributed by atoms with Gasteiger partial charge in [-0.1, -0.05) is 51.9 Å². The van der Waals surface area contributed by atoms with Gasteiger partial charge in [0.05, 0.1) is 0 Å². The lowest BCUT2D eigenvalue weighted by Crippen LogP contribution is -2.17. The number of halogens is 1. The van der Waals surface area contributed by atoms with Crippen LogP contribution in [0.4, 0.5) is 0 Å². The Morgan fingerprint density at radius 1 is 0.786 bits per heavy atom. The quantitative estimate of drug-likeness (QED) is 0.410. The fourth-order valence-electron chi connectivity index (χ4n) is 1.58. The SMILES string of the molecule is CCCCCCCCCCNCCCl. The molecule has 1 N–H and O–H groups in total. The molecule has 0 saturated carbocycles. The van der Waals surface area contributed by atoms with Crippen molar-refractivity contribution < 1.29 is 0 Å². The lowest BCUT2D eigenvalue weighted by atomic mass is 10.1. The molecule has 1 nitrogen and oxygen atoms in total. The van der Waals surface area contributed by atoms with Crippen LogP contribution in [0, 0.1) is 0 Å². The smallest absolute Gasteiger partial charge is 0.0348 e. The molecule has 0 atom stereocenters. The van der Waals surface area contributed by atoms with Crippen molar-refractivity contribution in [3.05, 3.63) is 0 Å². The zero-order valence-corrected chi connectivity index (χ0v) is 10.4. The van der Waals surface area contributed by atoms with Gasteiger partial charge in [-0.3, -0.25) is 0 Å². The summed E-state index contributed by atoms with van der Waals surface area (Å²) in [5.41, 5.74) is 0. The van der Waals surface area contributed by atoms with Crippen molar-refractivity contribution in [3.63, 3.8) is 0 Å². The van der Waals surface area contributed by atoms with Crippen LogP contribution in [-0.2, 0) is 0 Å². The lowest BCUT2D eigenvalue weighted by molar-refractivity contribution is 0.560. The van der Waals surface area contributed by atoms with Crippen molar-refractivity contribution in [2.75, 3.05) is 19.0 Å². The number of hydrogen-bond donors (Lipinski definition) is 1. The monoisotopic (exact) mass is 219 g/mol. The highest BCUT2D eigenvalue weighted by Gasteiger charge is 1.91. The Balaban J connectivity index is 2.78. The molecule has 14 heavy (non-hydrogen) atoms. The van der Waals surface area contributed by atoms with Crippen molar-refractivity contribution in [1.29, 1.82) is 0 Å². The Kier molecular flexibility index (Phi) is 13.5. The van der Waals surface area contributed by atoms with E-state index in [4.69, 9.17) is 11.6 Å². The van der Waals surface area contributed by atoms with E-state index in [1.54, 1.807) is 0 Å². The number of alkyl halides is 1. The Bertz CT molecular complexity index is 84.3. The van der Waals surface area contributed by atoms with Crippen LogP contribution >= 0.6 is 11.6 Å². The summed E-state index contributed by atoms with van der Waals surface area (Å²) in [6.07, 6.45) is 11.2. The van der Waals surface area contributed by atoms with Crippen molar-refractivity contribution in [2.24, 2.45) is 0 Å². The molecule has 0 saturated heterocycles. The van der Waals surface area contributed by atoms with E-state index in [-0.39, 0.29) is 0 Å². The molecule has 2 heteroatoms. The van der Waals surface area contributed by atoms with Crippen molar-refractivity contribution in [3.8, 4) is 0 Å². The summed E-state index contributed by atoms with van der Waals surface area (Å²) in [6, 6.07) is 0. The third-order valence-electron chi connectivity index (χ3n) is 2.48. The van der Waals surface area contributed by atoms with Gasteiger partial charge in [0.1, 0.15) is 0 Å². The average molecular weight is 220 g/mol. The Hall–Kier alpha value is 0.250. The molecule has 86 valence electrons. The maximum absolute atomic E-state index is 5.55. The van der Waals surface area contributed by atoms with Gasteiger partial charge in [0.25, 0.3) is 0 Å². The second-order valence-electron chi connectivity index (χ2n) is 3.91. The molecule has 0 aromatic heterocycles. The number of rotatable bonds is 11. The minimum Gasteiger partial charge on any atom is -0.316 e. The van der Waals surface area contributed by atoms with Gasteiger partial charge in [0, 0.05) is 12.4 Å². The first-order chi connectivity index (χ1) is 6.91. The second-order valence-corrected chi connectivity index (χ2v) is 4.29. The van der Waals surface area contributed by atoms with Crippen LogP contribution in [0.5, 0.6) is 0 Å². The number of hydrogen-bond acceptors (Lipinski definition) is 1. The van der Waals surface area contributed by atoms with Gasteiger partial charge in [0.2, 0.25) is 0 Å². The molecule has 0 aliphatic rings. The summed E-state index contributed by atoms with van der Waals surface area (Å²) in [5.74, 6) is 0.733. The van der Waals surface area contributed by atoms with Crippen LogP contribution in [0.15, 0.2) is 0 Å². The maximum atomic E-state index is 5.55. The van der Waals surface area contributed by atoms with Crippen LogP contribution in [0.2, 0.25) is 0 Å². The summed E-state index contributed by atoms with van der Waals surface area (Å²) in [5, 5.41) is 3.31. The number of nitrogens with one attached hydrogen (secondary N) is 1. The van der Waals surface area contributed by atoms with Gasteiger partial charge in [-0.25, -0.2) is 0 Å². The Morgan fingerprint density at radius 3 is 1.93 bits per heavy atom. The van der Waals surface area contributed by atoms with E-state index < -0.39 is 0 Å². The van der Waals surface area contributed by atoms with Crippen LogP contribution in [-0.4, -0.2) is 19.0 Å². The summed E-state index contributed by atoms with van der Waals surface area (Å²) in [4.78, 5) is 0. The van der Waals surface area contributed by atoms with Crippen LogP contribution in [0.25, 0.3) is 0 Å². The molecule has 0 fully saturated rings. The molecule has 0 rings (SSSR count). The van der Waals surface area contributed by atoms with Gasteiger partial charge >= 0.3 is 0 Å². The highest BCUT2D eigenvalue weighted by atomic mass is 35.5. The highest BCUT2D eigenvalue weighted by molar-refractivity contribution is 6.18. The first kappa shape index (κ1) is 14.2. The van der Waals surface area contributed by atoms with E-state index in [1.165, 1.54) is 51.4 Å². The van der Waals surface area contributed by atoms with Crippen LogP contribution < -0.4 is 5.32 Å². The average Bonchev–Trinajstić information content (AvgIpc) is 2.21. The third-order valence-corrected chi connectivity index (χ3v) is 2.67. The van der Waals surface area contributed by atoms with Gasteiger partial charge < -0.3 is 5.32 Å². The molecule has 0 radical (unpaired) electrons. The van der Waals surface area contributed by atoms with Crippen molar-refractivity contribution in [1.82, 2.24) is 5.32 Å². The maximum Gasteiger partial charge on any atom is 0.0348 e. The molecule has 0 bridgehead atoms. The molecule has 0 aromatic carbocycles. The van der Waals surface area contributed by atoms with Crippen molar-refractivity contribution in [2.45, 2.75) is 58.3 Å². The molecule has 0 aromatic rings. The Morgan fingerprint density at radius 2 is 1.36 bits per heavy atom. The van der Waals surface area contributed by atoms with E-state index in [0.29, 0.717) is 0 Å². The van der Waals surface area contributed by atoms with E-state index in [0.717, 1.165) is 19.0 Å². The van der Waals surface area contributed by atoms with Gasteiger partial charge in [0.15, 0.2) is 0 Å². The minimum atomic E-state index is 0.733. The zero-order valence-electron chi connectivity index (χ0n) is 9.66. The predicted molar refractivity (Wildman–Crippen MR) is 66.2 cm³/mol. The third kappa shape index (κ3) is 12.2. The standard InChI is InChI=1S/C12H26ClN/c1-2-3-4-5-6-7-8-9-11-14-12-10-13/h14H,2-12H2,1H3. The minimum absolute atomic E-state index is 0.733. The van der Waals surface area contributed by atoms with Crippen LogP contribution in [0.1, 0.15) is 58.3 Å². The summed E-state index contributed by atoms with van der Waals surface area (Å²) in [7, 11) is 0. The number of unbranched alkanes of at least 4 members (excludes halogenated alkanes) is 7. The first-order valence-electron chi connectivity index (χ1n) is 6.18. The van der Waals surface area contributed by atoms with Gasteiger partial charge in [-0.2, -0.15) is 0 Å². The molecule has 0 unspecified atom stereocenters. The molecule has 0 heterocycles. The molecule has 0 spiro atoms. The Labute approximate surface area is 94.6 Å².